The summed E-state index contributed by atoms with van der Waals surface area (Å²) in [5.74, 6) is -1.08. The summed E-state index contributed by atoms with van der Waals surface area (Å²) in [4.78, 5) is 23.0. The first-order valence-corrected chi connectivity index (χ1v) is 6.33. The van der Waals surface area contributed by atoms with Gasteiger partial charge in [-0.15, -0.1) is 0 Å². The van der Waals surface area contributed by atoms with Crippen LogP contribution in [0.2, 0.25) is 0 Å². The highest BCUT2D eigenvalue weighted by Crippen LogP contribution is 2.11. The van der Waals surface area contributed by atoms with Gasteiger partial charge >= 0.3 is 5.97 Å². The van der Waals surface area contributed by atoms with Crippen molar-refractivity contribution < 1.29 is 14.7 Å². The average Bonchev–Trinajstić information content (AvgIpc) is 2.59. The zero-order valence-electron chi connectivity index (χ0n) is 11.8. The lowest BCUT2D eigenvalue weighted by atomic mass is 10.0. The number of carboxylic acids is 1. The Kier molecular flexibility index (Phi) is 5.09. The SMILES string of the molecule is Cc1n[nH]c(C)c1CC(=O)N[C@H](CC(C)C)C(=O)O. The van der Waals surface area contributed by atoms with Crippen molar-refractivity contribution in [1.29, 1.82) is 0 Å². The number of nitrogens with one attached hydrogen (secondary N) is 2. The number of carbonyl (C=O) groups excluding carboxylic acids is 1. The number of carbonyl (C=O) groups is 2. The summed E-state index contributed by atoms with van der Waals surface area (Å²) in [6.45, 7) is 7.50. The molecule has 6 heteroatoms. The fourth-order valence-electron chi connectivity index (χ4n) is 1.93. The molecule has 0 saturated carbocycles. The maximum atomic E-state index is 11.9. The Balaban J connectivity index is 2.65. The van der Waals surface area contributed by atoms with E-state index in [2.05, 4.69) is 15.5 Å². The molecule has 6 nitrogen and oxygen atoms in total. The minimum Gasteiger partial charge on any atom is -0.480 e. The highest BCUT2D eigenvalue weighted by Gasteiger charge is 2.22. The monoisotopic (exact) mass is 267 g/mol. The zero-order valence-corrected chi connectivity index (χ0v) is 11.8. The predicted octanol–water partition coefficient (Wildman–Crippen LogP) is 1.18. The van der Waals surface area contributed by atoms with Crippen LogP contribution in [0.5, 0.6) is 0 Å². The molecule has 1 heterocycles. The lowest BCUT2D eigenvalue weighted by Crippen LogP contribution is -2.42. The Morgan fingerprint density at radius 3 is 2.42 bits per heavy atom. The van der Waals surface area contributed by atoms with Gasteiger partial charge in [-0.3, -0.25) is 9.89 Å². The summed E-state index contributed by atoms with van der Waals surface area (Å²) in [6, 6.07) is -0.833. The van der Waals surface area contributed by atoms with Crippen LogP contribution in [0.15, 0.2) is 0 Å². The van der Waals surface area contributed by atoms with E-state index in [9.17, 15) is 9.59 Å². The highest BCUT2D eigenvalue weighted by molar-refractivity contribution is 5.85. The zero-order chi connectivity index (χ0) is 14.6. The third-order valence-corrected chi connectivity index (χ3v) is 2.96. The second kappa shape index (κ2) is 6.36. The molecular weight excluding hydrogens is 246 g/mol. The molecule has 0 saturated heterocycles. The number of H-pyrrole nitrogens is 1. The van der Waals surface area contributed by atoms with Gasteiger partial charge in [-0.1, -0.05) is 13.8 Å². The van der Waals surface area contributed by atoms with Crippen molar-refractivity contribution in [3.05, 3.63) is 17.0 Å². The van der Waals surface area contributed by atoms with Gasteiger partial charge < -0.3 is 10.4 Å². The first kappa shape index (κ1) is 15.2. The van der Waals surface area contributed by atoms with Crippen LogP contribution in [0.4, 0.5) is 0 Å². The summed E-state index contributed by atoms with van der Waals surface area (Å²) in [6.07, 6.45) is 0.570. The molecule has 1 rings (SSSR count). The molecule has 1 atom stereocenters. The van der Waals surface area contributed by atoms with Crippen molar-refractivity contribution in [1.82, 2.24) is 15.5 Å². The molecule has 0 aliphatic carbocycles. The van der Waals surface area contributed by atoms with Crippen molar-refractivity contribution in [3.63, 3.8) is 0 Å². The van der Waals surface area contributed by atoms with Crippen LogP contribution >= 0.6 is 0 Å². The molecular formula is C13H21N3O3. The third kappa shape index (κ3) is 4.39. The van der Waals surface area contributed by atoms with E-state index in [1.807, 2.05) is 27.7 Å². The van der Waals surface area contributed by atoms with Crippen molar-refractivity contribution in [2.75, 3.05) is 0 Å². The largest absolute Gasteiger partial charge is 0.480 e. The van der Waals surface area contributed by atoms with Gasteiger partial charge in [-0.25, -0.2) is 4.79 Å². The van der Waals surface area contributed by atoms with E-state index in [4.69, 9.17) is 5.11 Å². The molecule has 1 aromatic heterocycles. The van der Waals surface area contributed by atoms with E-state index >= 15 is 0 Å². The van der Waals surface area contributed by atoms with Crippen molar-refractivity contribution in [3.8, 4) is 0 Å². The van der Waals surface area contributed by atoms with Gasteiger partial charge in [0, 0.05) is 11.3 Å². The predicted molar refractivity (Wildman–Crippen MR) is 70.8 cm³/mol. The Morgan fingerprint density at radius 1 is 1.37 bits per heavy atom. The molecule has 0 radical (unpaired) electrons. The standard InChI is InChI=1S/C13H21N3O3/c1-7(2)5-11(13(18)19)14-12(17)6-10-8(3)15-16-9(10)4/h7,11H,5-6H2,1-4H3,(H,14,17)(H,15,16)(H,18,19)/t11-/m1/s1. The van der Waals surface area contributed by atoms with Gasteiger partial charge in [-0.2, -0.15) is 5.10 Å². The Labute approximate surface area is 112 Å². The van der Waals surface area contributed by atoms with E-state index < -0.39 is 12.0 Å². The maximum Gasteiger partial charge on any atom is 0.326 e. The average molecular weight is 267 g/mol. The molecule has 0 aliphatic heterocycles. The van der Waals surface area contributed by atoms with Gasteiger partial charge in [0.1, 0.15) is 6.04 Å². The number of aromatic nitrogens is 2. The van der Waals surface area contributed by atoms with Crippen molar-refractivity contribution in [2.24, 2.45) is 5.92 Å². The molecule has 19 heavy (non-hydrogen) atoms. The minimum absolute atomic E-state index is 0.149. The molecule has 0 aliphatic rings. The molecule has 106 valence electrons. The molecule has 0 spiro atoms. The second-order valence-corrected chi connectivity index (χ2v) is 5.18. The highest BCUT2D eigenvalue weighted by atomic mass is 16.4. The van der Waals surface area contributed by atoms with Gasteiger partial charge in [0.25, 0.3) is 0 Å². The van der Waals surface area contributed by atoms with Crippen LogP contribution in [0.3, 0.4) is 0 Å². The van der Waals surface area contributed by atoms with E-state index in [0.29, 0.717) is 6.42 Å². The maximum absolute atomic E-state index is 11.9. The molecule has 3 N–H and O–H groups in total. The second-order valence-electron chi connectivity index (χ2n) is 5.18. The van der Waals surface area contributed by atoms with Crippen molar-refractivity contribution >= 4 is 11.9 Å². The first-order chi connectivity index (χ1) is 8.81. The van der Waals surface area contributed by atoms with Crippen LogP contribution in [0.1, 0.15) is 37.2 Å². The van der Waals surface area contributed by atoms with Crippen LogP contribution in [-0.2, 0) is 16.0 Å². The number of rotatable bonds is 6. The Hall–Kier alpha value is -1.85. The summed E-state index contributed by atoms with van der Waals surface area (Å²) in [7, 11) is 0. The first-order valence-electron chi connectivity index (χ1n) is 6.33. The topological polar surface area (TPSA) is 95.1 Å². The fraction of sp³-hybridized carbons (Fsp3) is 0.615. The molecule has 1 aromatic rings. The minimum atomic E-state index is -0.998. The number of hydrogen-bond donors (Lipinski definition) is 3. The summed E-state index contributed by atoms with van der Waals surface area (Å²) < 4.78 is 0. The molecule has 0 aromatic carbocycles. The van der Waals surface area contributed by atoms with Crippen LogP contribution in [0.25, 0.3) is 0 Å². The Morgan fingerprint density at radius 2 is 2.00 bits per heavy atom. The van der Waals surface area contributed by atoms with Crippen LogP contribution in [0, 0.1) is 19.8 Å². The number of hydrogen-bond acceptors (Lipinski definition) is 3. The summed E-state index contributed by atoms with van der Waals surface area (Å²) in [5, 5.41) is 18.4. The van der Waals surface area contributed by atoms with E-state index in [0.717, 1.165) is 17.0 Å². The van der Waals surface area contributed by atoms with Crippen molar-refractivity contribution in [2.45, 2.75) is 46.6 Å². The molecule has 0 bridgehead atoms. The van der Waals surface area contributed by atoms with E-state index in [-0.39, 0.29) is 18.2 Å². The van der Waals surface area contributed by atoms with Gasteiger partial charge in [0.2, 0.25) is 5.91 Å². The number of aliphatic carboxylic acids is 1. The number of aryl methyl sites for hydroxylation is 2. The smallest absolute Gasteiger partial charge is 0.326 e. The van der Waals surface area contributed by atoms with Crippen LogP contribution < -0.4 is 5.32 Å². The van der Waals surface area contributed by atoms with Crippen LogP contribution in [-0.4, -0.2) is 33.2 Å². The van der Waals surface area contributed by atoms with Gasteiger partial charge in [0.15, 0.2) is 0 Å². The number of aromatic amines is 1. The molecule has 0 fully saturated rings. The van der Waals surface area contributed by atoms with E-state index in [1.165, 1.54) is 0 Å². The third-order valence-electron chi connectivity index (χ3n) is 2.96. The normalized spacial score (nSPS) is 12.5. The lowest BCUT2D eigenvalue weighted by molar-refractivity contribution is -0.142. The fourth-order valence-corrected chi connectivity index (χ4v) is 1.93. The van der Waals surface area contributed by atoms with Gasteiger partial charge in [-0.05, 0) is 26.2 Å². The summed E-state index contributed by atoms with van der Waals surface area (Å²) >= 11 is 0. The lowest BCUT2D eigenvalue weighted by Gasteiger charge is -2.16. The quantitative estimate of drug-likeness (QED) is 0.721. The summed E-state index contributed by atoms with van der Waals surface area (Å²) in [5.41, 5.74) is 2.43. The van der Waals surface area contributed by atoms with E-state index in [1.54, 1.807) is 0 Å². The molecule has 0 unspecified atom stereocenters. The Bertz CT molecular complexity index is 446. The molecule has 1 amide bonds. The number of amides is 1. The number of nitrogens with zero attached hydrogens (tertiary/aromatic N) is 1. The number of carboxylic acid groups (broad SMARTS) is 1. The van der Waals surface area contributed by atoms with Gasteiger partial charge in [0.05, 0.1) is 12.1 Å².